The number of aliphatic carboxylic acids is 2. The number of aromatic amines is 2. The van der Waals surface area contributed by atoms with Crippen LogP contribution in [-0.4, -0.2) is 66.5 Å². The zero-order valence-corrected chi connectivity index (χ0v) is 84.9. The average Bonchev–Trinajstić information content (AvgIpc) is 1.57. The zero-order chi connectivity index (χ0) is 96.1. The smallest absolute Gasteiger partial charge is 0.300 e. The fraction of sp³-hybridized carbons (Fsp3) is 0.234. The number of para-hydroxylation sites is 4. The molecule has 3 aliphatic carbocycles. The van der Waals surface area contributed by atoms with Crippen LogP contribution < -0.4 is 5.30 Å². The van der Waals surface area contributed by atoms with E-state index in [1.54, 1.807) is 5.30 Å². The molecule has 23 rings (SSSR count). The summed E-state index contributed by atoms with van der Waals surface area (Å²) in [7, 11) is -0.366. The second-order valence-electron chi connectivity index (χ2n) is 41.4. The first-order valence-corrected chi connectivity index (χ1v) is 49.1. The molecule has 7 aromatic heterocycles. The van der Waals surface area contributed by atoms with Crippen molar-refractivity contribution >= 4 is 112 Å². The van der Waals surface area contributed by atoms with E-state index in [0.717, 1.165) is 42.3 Å². The van der Waals surface area contributed by atoms with Gasteiger partial charge in [-0.15, -0.1) is 0 Å². The Balaban J connectivity index is 0.000000135. The van der Waals surface area contributed by atoms with Gasteiger partial charge in [-0.2, -0.15) is 0 Å². The zero-order valence-electron chi connectivity index (χ0n) is 82.5. The number of hydrogen-bond donors (Lipinski definition) is 4. The van der Waals surface area contributed by atoms with Gasteiger partial charge in [-0.25, -0.2) is 0 Å². The molecule has 0 saturated heterocycles. The number of nitrogens with one attached hydrogen (secondary N) is 2. The van der Waals surface area contributed by atoms with Gasteiger partial charge in [0.1, 0.15) is 0 Å². The number of aryl methyl sites for hydroxylation is 1. The Morgan fingerprint density at radius 2 is 0.664 bits per heavy atom. The predicted octanol–water partition coefficient (Wildman–Crippen LogP) is 32.9. The van der Waals surface area contributed by atoms with Crippen LogP contribution in [0, 0.1) is 6.92 Å². The van der Waals surface area contributed by atoms with Crippen LogP contribution >= 0.6 is 7.92 Å². The second kappa shape index (κ2) is 37.2. The third-order valence-corrected chi connectivity index (χ3v) is 31.4. The van der Waals surface area contributed by atoms with Crippen molar-refractivity contribution in [3.63, 3.8) is 0 Å². The average molecular weight is 1910 g/mol. The Hall–Kier alpha value is -13.5. The van der Waals surface area contributed by atoms with Crippen LogP contribution in [0.5, 0.6) is 0 Å². The third-order valence-electron chi connectivity index (χ3n) is 27.8. The molecule has 0 saturated carbocycles. The van der Waals surface area contributed by atoms with E-state index in [-0.39, 0.29) is 54.9 Å². The van der Waals surface area contributed by atoms with Crippen LogP contribution in [0.3, 0.4) is 0 Å². The van der Waals surface area contributed by atoms with Crippen LogP contribution in [0.1, 0.15) is 212 Å². The van der Waals surface area contributed by atoms with Gasteiger partial charge in [-0.05, 0) is 245 Å². The molecule has 7 heterocycles. The number of nitrogens with zero attached hydrogens (tertiary/aromatic N) is 5. The fourth-order valence-electron chi connectivity index (χ4n) is 21.8. The molecule has 692 valence electrons. The molecule has 0 fully saturated rings. The minimum absolute atomic E-state index is 0. The summed E-state index contributed by atoms with van der Waals surface area (Å²) in [5.41, 5.74) is 40.5. The molecular weight excluding hydrogens is 1790 g/mol. The number of aromatic nitrogens is 7. The first kappa shape index (κ1) is 95.3. The number of carbonyl (C=O) groups is 2. The Labute approximate surface area is 820 Å². The minimum Gasteiger partial charge on any atom is -0.481 e. The molecule has 13 aromatic carbocycles. The summed E-state index contributed by atoms with van der Waals surface area (Å²) in [4.78, 5) is 39.3. The van der Waals surface area contributed by atoms with E-state index in [1.807, 2.05) is 24.7 Å². The van der Waals surface area contributed by atoms with Crippen LogP contribution in [0.2, 0.25) is 0 Å². The molecule has 13 heteroatoms. The maximum Gasteiger partial charge on any atom is 0.300 e. The summed E-state index contributed by atoms with van der Waals surface area (Å²) in [6, 6.07) is 110. The molecule has 3 aliphatic rings. The van der Waals surface area contributed by atoms with E-state index < -0.39 is 11.9 Å². The second-order valence-corrected chi connectivity index (χ2v) is 45.2. The maximum atomic E-state index is 9.00. The summed E-state index contributed by atoms with van der Waals surface area (Å²) >= 11 is 0. The molecule has 0 amide bonds. The molecule has 0 unspecified atom stereocenters. The quantitative estimate of drug-likeness (QED) is 0.0828. The van der Waals surface area contributed by atoms with E-state index in [2.05, 4.69) is 447 Å². The van der Waals surface area contributed by atoms with Crippen molar-refractivity contribution in [1.82, 2.24) is 34.1 Å². The molecule has 0 bridgehead atoms. The van der Waals surface area contributed by atoms with E-state index in [0.29, 0.717) is 17.8 Å². The largest absolute Gasteiger partial charge is 0.481 e. The maximum absolute atomic E-state index is 9.00. The molecular formula is C124H122N7O4PPd. The number of hydrogen-bond acceptors (Lipinski definition) is 5. The van der Waals surface area contributed by atoms with E-state index in [1.165, 1.54) is 193 Å². The van der Waals surface area contributed by atoms with Gasteiger partial charge in [0.2, 0.25) is 0 Å². The van der Waals surface area contributed by atoms with E-state index >= 15 is 0 Å². The Morgan fingerprint density at radius 1 is 0.336 bits per heavy atom. The minimum atomic E-state index is -0.833. The van der Waals surface area contributed by atoms with Gasteiger partial charge in [0.15, 0.2) is 0 Å². The topological polar surface area (TPSA) is 155 Å². The standard InChI is InChI=1S/C52H38N4.C29H45P.C24H16N2.C15H15N.2C2H4O2.Pd/c1-51(2)41-21-19-33(29-39(41)49-43(51)13-9-25-53-49)55-45-15-7-5-11-35(45)37-27-31(17-23-47(37)55)32-18-24-48-38(28-32)36-12-6-8-16-46(36)56(48)34-20-22-42-40(30-34)50-44(52(42,3)4)14-10-26-54-50;1-19(2)22-17-24(20(3)4)27(25(18-22)21(5)6)23-15-13-14-16-26(23)30(28(7,8)9)29(10,11)12;1-3-7-21-17(5-1)19-13-15(9-11-23(19)25-21)16-10-12-24-20(14-16)18-6-2-4-8-22(18)26-24;1-10-6-7-12-11(9-10)14-13(15(12,2)3)5-4-8-16-14;2*1-2(3)4;/h5-30H,1-4H3;13-21H,1-12H3;1-14,25-26H;4-9H,1-3H3;2*1H3,(H,3,4);. The van der Waals surface area contributed by atoms with E-state index in [9.17, 15) is 0 Å². The van der Waals surface area contributed by atoms with Crippen LogP contribution in [-0.2, 0) is 46.3 Å². The van der Waals surface area contributed by atoms with Crippen LogP contribution in [0.25, 0.3) is 166 Å². The number of pyridine rings is 3. The van der Waals surface area contributed by atoms with E-state index in [4.69, 9.17) is 29.8 Å². The first-order valence-electron chi connectivity index (χ1n) is 47.7. The van der Waals surface area contributed by atoms with Gasteiger partial charge in [-0.1, -0.05) is 314 Å². The van der Waals surface area contributed by atoms with Gasteiger partial charge in [0, 0.05) is 162 Å². The van der Waals surface area contributed by atoms with Crippen molar-refractivity contribution in [2.45, 2.75) is 190 Å². The molecule has 137 heavy (non-hydrogen) atoms. The molecule has 0 radical (unpaired) electrons. The summed E-state index contributed by atoms with van der Waals surface area (Å²) in [5.74, 6) is -0.120. The van der Waals surface area contributed by atoms with Crippen molar-refractivity contribution in [1.29, 1.82) is 0 Å². The van der Waals surface area contributed by atoms with Gasteiger partial charge in [0.25, 0.3) is 11.9 Å². The molecule has 20 aromatic rings. The van der Waals surface area contributed by atoms with Gasteiger partial charge in [0.05, 0.1) is 39.1 Å². The van der Waals surface area contributed by atoms with Gasteiger partial charge in [-0.3, -0.25) is 24.5 Å². The summed E-state index contributed by atoms with van der Waals surface area (Å²) in [6.45, 7) is 46.7. The summed E-state index contributed by atoms with van der Waals surface area (Å²) in [6.07, 6.45) is 5.71. The fourth-order valence-corrected chi connectivity index (χ4v) is 25.9. The van der Waals surface area contributed by atoms with Crippen molar-refractivity contribution in [3.05, 3.63) is 371 Å². The number of rotatable bonds is 9. The molecule has 11 nitrogen and oxygen atoms in total. The van der Waals surface area contributed by atoms with Crippen LogP contribution in [0.15, 0.2) is 316 Å². The Morgan fingerprint density at radius 3 is 1.05 bits per heavy atom. The number of benzene rings is 13. The van der Waals surface area contributed by atoms with Crippen molar-refractivity contribution in [3.8, 4) is 78.5 Å². The SMILES string of the molecule is CC(=O)O.CC(=O)O.CC(C)c1cc(C(C)C)c(-c2ccccc2P(C(C)(C)C)C(C)(C)C)c(C(C)C)c1.CC1(C)c2ccc(-n3c4ccccc4c4cc(-c5ccc6c(c5)c5ccccc5n6-c5ccc6c(c5)-c5ncccc5C6(C)C)ccc43)cc2-c2ncccc21.Cc1ccc2c(c1)-c1ncccc1C2(C)C.[Pd].c1ccc2c(c1)[nH]c1ccc(-c3ccc4[nH]c5ccccc5c4c3)cc12. The van der Waals surface area contributed by atoms with Crippen molar-refractivity contribution in [2.75, 3.05) is 0 Å². The Kier molecular flexibility index (Phi) is 25.9. The van der Waals surface area contributed by atoms with Crippen LogP contribution in [0.4, 0.5) is 0 Å². The molecule has 4 N–H and O–H groups in total. The van der Waals surface area contributed by atoms with Gasteiger partial charge >= 0.3 is 0 Å². The Bertz CT molecular complexity index is 7700. The number of H-pyrrole nitrogens is 2. The molecule has 0 aliphatic heterocycles. The monoisotopic (exact) mass is 1910 g/mol. The first-order chi connectivity index (χ1) is 64.9. The molecule has 0 atom stereocenters. The third kappa shape index (κ3) is 17.7. The van der Waals surface area contributed by atoms with Gasteiger partial charge < -0.3 is 29.3 Å². The number of carboxylic acid groups (broad SMARTS) is 2. The predicted molar refractivity (Wildman–Crippen MR) is 575 cm³/mol. The van der Waals surface area contributed by atoms with Crippen molar-refractivity contribution < 1.29 is 40.2 Å². The summed E-state index contributed by atoms with van der Waals surface area (Å²) in [5, 5.41) is 27.0. The number of fused-ring (bicyclic) bond motifs is 21. The van der Waals surface area contributed by atoms with Crippen molar-refractivity contribution in [2.24, 2.45) is 0 Å². The molecule has 0 spiro atoms. The number of carboxylic acids is 2. The summed E-state index contributed by atoms with van der Waals surface area (Å²) < 4.78 is 4.84. The normalized spacial score (nSPS) is 13.4.